The standard InChI is InChI=1S/C14H18O3/c1-4-12(15)13(9(2)3)10-5-7-11(8-6-10)14(16)17/h5-9,13H,4H2,1-3H3,(H,16,17)/t13-/m1/s1. The van der Waals surface area contributed by atoms with Gasteiger partial charge in [0.05, 0.1) is 5.56 Å². The maximum atomic E-state index is 11.9. The van der Waals surface area contributed by atoms with Crippen LogP contribution in [0.5, 0.6) is 0 Å². The molecule has 17 heavy (non-hydrogen) atoms. The molecule has 3 heteroatoms. The Morgan fingerprint density at radius 2 is 1.71 bits per heavy atom. The molecule has 0 aromatic heterocycles. The summed E-state index contributed by atoms with van der Waals surface area (Å²) >= 11 is 0. The van der Waals surface area contributed by atoms with Gasteiger partial charge < -0.3 is 5.11 Å². The summed E-state index contributed by atoms with van der Waals surface area (Å²) in [6.45, 7) is 5.86. The second-order valence-electron chi connectivity index (χ2n) is 4.47. The molecule has 0 aliphatic heterocycles. The van der Waals surface area contributed by atoms with Crippen molar-refractivity contribution in [2.45, 2.75) is 33.1 Å². The Morgan fingerprint density at radius 3 is 2.06 bits per heavy atom. The second-order valence-corrected chi connectivity index (χ2v) is 4.47. The van der Waals surface area contributed by atoms with Crippen LogP contribution in [0.4, 0.5) is 0 Å². The molecule has 0 aliphatic rings. The molecule has 1 aromatic carbocycles. The van der Waals surface area contributed by atoms with E-state index in [1.54, 1.807) is 24.3 Å². The lowest BCUT2D eigenvalue weighted by atomic mass is 9.84. The molecule has 1 rings (SSSR count). The van der Waals surface area contributed by atoms with Crippen LogP contribution >= 0.6 is 0 Å². The van der Waals surface area contributed by atoms with Gasteiger partial charge in [-0.15, -0.1) is 0 Å². The molecule has 0 saturated carbocycles. The van der Waals surface area contributed by atoms with Crippen molar-refractivity contribution in [2.24, 2.45) is 5.92 Å². The topological polar surface area (TPSA) is 54.4 Å². The summed E-state index contributed by atoms with van der Waals surface area (Å²) in [4.78, 5) is 22.6. The van der Waals surface area contributed by atoms with Crippen LogP contribution in [0.2, 0.25) is 0 Å². The summed E-state index contributed by atoms with van der Waals surface area (Å²) in [5.74, 6) is -0.663. The van der Waals surface area contributed by atoms with Crippen LogP contribution in [0.3, 0.4) is 0 Å². The summed E-state index contributed by atoms with van der Waals surface area (Å²) in [5.41, 5.74) is 1.15. The molecule has 0 aliphatic carbocycles. The molecule has 92 valence electrons. The molecule has 0 fully saturated rings. The van der Waals surface area contributed by atoms with E-state index >= 15 is 0 Å². The number of hydrogen-bond acceptors (Lipinski definition) is 2. The lowest BCUT2D eigenvalue weighted by molar-refractivity contribution is -0.121. The lowest BCUT2D eigenvalue weighted by Gasteiger charge is -2.19. The van der Waals surface area contributed by atoms with Gasteiger partial charge in [-0.05, 0) is 23.6 Å². The summed E-state index contributed by atoms with van der Waals surface area (Å²) in [5, 5.41) is 8.81. The van der Waals surface area contributed by atoms with Gasteiger partial charge >= 0.3 is 5.97 Å². The van der Waals surface area contributed by atoms with E-state index < -0.39 is 5.97 Å². The van der Waals surface area contributed by atoms with Gasteiger partial charge in [0, 0.05) is 12.3 Å². The van der Waals surface area contributed by atoms with Gasteiger partial charge in [0.1, 0.15) is 5.78 Å². The molecule has 1 N–H and O–H groups in total. The van der Waals surface area contributed by atoms with E-state index in [0.717, 1.165) is 5.56 Å². The maximum absolute atomic E-state index is 11.9. The number of hydrogen-bond donors (Lipinski definition) is 1. The first-order valence-corrected chi connectivity index (χ1v) is 5.83. The van der Waals surface area contributed by atoms with Crippen molar-refractivity contribution < 1.29 is 14.7 Å². The van der Waals surface area contributed by atoms with Gasteiger partial charge in [-0.3, -0.25) is 4.79 Å². The molecule has 0 spiro atoms. The van der Waals surface area contributed by atoms with Crippen molar-refractivity contribution in [3.05, 3.63) is 35.4 Å². The van der Waals surface area contributed by atoms with Crippen molar-refractivity contribution >= 4 is 11.8 Å². The van der Waals surface area contributed by atoms with Gasteiger partial charge in [0.25, 0.3) is 0 Å². The highest BCUT2D eigenvalue weighted by molar-refractivity contribution is 5.88. The SMILES string of the molecule is CCC(=O)[C@@H](c1ccc(C(=O)O)cc1)C(C)C. The number of ketones is 1. The highest BCUT2D eigenvalue weighted by Crippen LogP contribution is 2.26. The Balaban J connectivity index is 3.03. The average Bonchev–Trinajstić information content (AvgIpc) is 2.29. The molecule has 1 atom stereocenters. The van der Waals surface area contributed by atoms with Crippen LogP contribution in [-0.2, 0) is 4.79 Å². The maximum Gasteiger partial charge on any atom is 0.335 e. The summed E-state index contributed by atoms with van der Waals surface area (Å²) in [7, 11) is 0. The minimum absolute atomic E-state index is 0.136. The van der Waals surface area contributed by atoms with Gasteiger partial charge in [-0.2, -0.15) is 0 Å². The van der Waals surface area contributed by atoms with Gasteiger partial charge in [0.15, 0.2) is 0 Å². The number of carbonyl (C=O) groups is 2. The molecule has 0 radical (unpaired) electrons. The molecule has 0 heterocycles. The van der Waals surface area contributed by atoms with E-state index in [1.807, 2.05) is 20.8 Å². The number of aromatic carboxylic acids is 1. The number of rotatable bonds is 5. The molecular formula is C14H18O3. The largest absolute Gasteiger partial charge is 0.478 e. The summed E-state index contributed by atoms with van der Waals surface area (Å²) in [6.07, 6.45) is 0.504. The van der Waals surface area contributed by atoms with Crippen molar-refractivity contribution in [3.63, 3.8) is 0 Å². The third-order valence-corrected chi connectivity index (χ3v) is 2.88. The van der Waals surface area contributed by atoms with Crippen molar-refractivity contribution in [3.8, 4) is 0 Å². The zero-order valence-electron chi connectivity index (χ0n) is 10.4. The average molecular weight is 234 g/mol. The van der Waals surface area contributed by atoms with Gasteiger partial charge in [-0.1, -0.05) is 32.9 Å². The fourth-order valence-electron chi connectivity index (χ4n) is 2.00. The Labute approximate surface area is 101 Å². The Hall–Kier alpha value is -1.64. The van der Waals surface area contributed by atoms with Crippen LogP contribution in [0, 0.1) is 5.92 Å². The van der Waals surface area contributed by atoms with E-state index in [1.165, 1.54) is 0 Å². The lowest BCUT2D eigenvalue weighted by Crippen LogP contribution is -2.17. The first-order valence-electron chi connectivity index (χ1n) is 5.83. The quantitative estimate of drug-likeness (QED) is 0.851. The number of carbonyl (C=O) groups excluding carboxylic acids is 1. The fourth-order valence-corrected chi connectivity index (χ4v) is 2.00. The molecule has 1 aromatic rings. The molecule has 0 saturated heterocycles. The molecular weight excluding hydrogens is 216 g/mol. The Kier molecular flexibility index (Phi) is 4.44. The number of benzene rings is 1. The Bertz CT molecular complexity index is 404. The van der Waals surface area contributed by atoms with E-state index in [-0.39, 0.29) is 23.2 Å². The zero-order valence-corrected chi connectivity index (χ0v) is 10.4. The van der Waals surface area contributed by atoms with Crippen LogP contribution in [0.1, 0.15) is 49.0 Å². The first-order chi connectivity index (χ1) is 7.97. The predicted molar refractivity (Wildman–Crippen MR) is 66.3 cm³/mol. The van der Waals surface area contributed by atoms with Crippen molar-refractivity contribution in [1.29, 1.82) is 0 Å². The van der Waals surface area contributed by atoms with Crippen LogP contribution < -0.4 is 0 Å². The normalized spacial score (nSPS) is 12.5. The summed E-state index contributed by atoms with van der Waals surface area (Å²) in [6, 6.07) is 6.58. The molecule has 0 bridgehead atoms. The Morgan fingerprint density at radius 1 is 1.18 bits per heavy atom. The van der Waals surface area contributed by atoms with Crippen LogP contribution in [0.15, 0.2) is 24.3 Å². The monoisotopic (exact) mass is 234 g/mol. The highest BCUT2D eigenvalue weighted by Gasteiger charge is 2.22. The minimum Gasteiger partial charge on any atom is -0.478 e. The highest BCUT2D eigenvalue weighted by atomic mass is 16.4. The third-order valence-electron chi connectivity index (χ3n) is 2.88. The van der Waals surface area contributed by atoms with Crippen LogP contribution in [-0.4, -0.2) is 16.9 Å². The number of Topliss-reactive ketones (excluding diaryl/α,β-unsaturated/α-hetero) is 1. The van der Waals surface area contributed by atoms with Gasteiger partial charge in [0.2, 0.25) is 0 Å². The first kappa shape index (κ1) is 13.4. The second kappa shape index (κ2) is 5.62. The number of carboxylic acid groups (broad SMARTS) is 1. The van der Waals surface area contributed by atoms with Gasteiger partial charge in [-0.25, -0.2) is 4.79 Å². The zero-order chi connectivity index (χ0) is 13.0. The minimum atomic E-state index is -0.945. The van der Waals surface area contributed by atoms with E-state index in [4.69, 9.17) is 5.11 Å². The van der Waals surface area contributed by atoms with Crippen molar-refractivity contribution in [1.82, 2.24) is 0 Å². The fraction of sp³-hybridized carbons (Fsp3) is 0.429. The predicted octanol–water partition coefficient (Wildman–Crippen LogP) is 3.10. The number of carboxylic acids is 1. The molecule has 3 nitrogen and oxygen atoms in total. The molecule has 0 unspecified atom stereocenters. The summed E-state index contributed by atoms with van der Waals surface area (Å²) < 4.78 is 0. The van der Waals surface area contributed by atoms with E-state index in [0.29, 0.717) is 6.42 Å². The third kappa shape index (κ3) is 3.16. The molecule has 0 amide bonds. The van der Waals surface area contributed by atoms with E-state index in [2.05, 4.69) is 0 Å². The van der Waals surface area contributed by atoms with Crippen molar-refractivity contribution in [2.75, 3.05) is 0 Å². The smallest absolute Gasteiger partial charge is 0.335 e. The van der Waals surface area contributed by atoms with Crippen LogP contribution in [0.25, 0.3) is 0 Å². The van der Waals surface area contributed by atoms with E-state index in [9.17, 15) is 9.59 Å².